The maximum atomic E-state index is 13.1. The smallest absolute Gasteiger partial charge is 0.410 e. The number of carbonyl (C=O) groups excluding carboxylic acids is 5. The van der Waals surface area contributed by atoms with Gasteiger partial charge in [0.05, 0.1) is 17.2 Å². The van der Waals surface area contributed by atoms with Gasteiger partial charge in [0.25, 0.3) is 11.8 Å². The number of nitrogens with zero attached hydrogens (tertiary/aromatic N) is 2. The van der Waals surface area contributed by atoms with Crippen molar-refractivity contribution in [3.05, 3.63) is 34.9 Å². The molecule has 0 fully saturated rings. The fourth-order valence-electron chi connectivity index (χ4n) is 3.85. The van der Waals surface area contributed by atoms with Crippen LogP contribution in [-0.4, -0.2) is 85.4 Å². The molecule has 1 N–H and O–H groups in total. The molecular weight excluding hydrogens is 466 g/mol. The molecule has 0 saturated carbocycles. The third-order valence-corrected chi connectivity index (χ3v) is 5.69. The molecule has 0 spiro atoms. The van der Waals surface area contributed by atoms with Crippen molar-refractivity contribution in [3.8, 4) is 0 Å². The number of aldehydes is 1. The monoisotopic (exact) mass is 503 g/mol. The summed E-state index contributed by atoms with van der Waals surface area (Å²) in [6.07, 6.45) is 2.08. The highest BCUT2D eigenvalue weighted by Crippen LogP contribution is 2.29. The van der Waals surface area contributed by atoms with E-state index in [2.05, 4.69) is 5.32 Å². The van der Waals surface area contributed by atoms with Crippen LogP contribution in [0.1, 0.15) is 72.7 Å². The molecule has 1 heterocycles. The van der Waals surface area contributed by atoms with Gasteiger partial charge in [-0.1, -0.05) is 12.1 Å². The molecule has 36 heavy (non-hydrogen) atoms. The van der Waals surface area contributed by atoms with Gasteiger partial charge in [-0.05, 0) is 58.1 Å². The zero-order valence-electron chi connectivity index (χ0n) is 21.8. The zero-order valence-corrected chi connectivity index (χ0v) is 21.8. The van der Waals surface area contributed by atoms with Crippen molar-refractivity contribution < 1.29 is 33.4 Å². The fraction of sp³-hybridized carbons (Fsp3) is 0.577. The van der Waals surface area contributed by atoms with E-state index in [9.17, 15) is 24.0 Å². The molecule has 2 rings (SSSR count). The maximum absolute atomic E-state index is 13.1. The summed E-state index contributed by atoms with van der Waals surface area (Å²) in [5.74, 6) is -1.29. The molecular formula is C26H37N3O7. The van der Waals surface area contributed by atoms with Crippen LogP contribution < -0.4 is 5.32 Å². The standard InChI is InChI=1S/C26H37N3O7/c1-26(2,3)36-25(34)28(5)14-8-16-35-15-7-10-18-9-6-11-20-22(18)24(33)29(23(20)32)19(17-30)12-13-21(31)27-4/h6,9,11,17,19H,7-8,10,12-16H2,1-5H3,(H,27,31). The van der Waals surface area contributed by atoms with Gasteiger partial charge in [-0.2, -0.15) is 0 Å². The predicted molar refractivity (Wildman–Crippen MR) is 133 cm³/mol. The zero-order chi connectivity index (χ0) is 26.9. The summed E-state index contributed by atoms with van der Waals surface area (Å²) < 4.78 is 11.0. The molecule has 0 saturated heterocycles. The van der Waals surface area contributed by atoms with E-state index in [1.807, 2.05) is 20.8 Å². The number of nitrogens with one attached hydrogen (secondary N) is 1. The molecule has 1 aliphatic rings. The highest BCUT2D eigenvalue weighted by molar-refractivity contribution is 6.23. The Morgan fingerprint density at radius 3 is 2.47 bits per heavy atom. The Bertz CT molecular complexity index is 971. The minimum Gasteiger partial charge on any atom is -0.444 e. The second kappa shape index (κ2) is 13.2. The van der Waals surface area contributed by atoms with Gasteiger partial charge in [-0.25, -0.2) is 4.79 Å². The average molecular weight is 504 g/mol. The van der Waals surface area contributed by atoms with Crippen LogP contribution in [0.5, 0.6) is 0 Å². The minimum atomic E-state index is -0.996. The van der Waals surface area contributed by atoms with E-state index in [1.54, 1.807) is 25.2 Å². The molecule has 198 valence electrons. The van der Waals surface area contributed by atoms with Crippen LogP contribution in [-0.2, 0) is 25.5 Å². The van der Waals surface area contributed by atoms with Crippen LogP contribution in [0.3, 0.4) is 0 Å². The summed E-state index contributed by atoms with van der Waals surface area (Å²) in [6.45, 7) is 6.88. The van der Waals surface area contributed by atoms with E-state index in [1.165, 1.54) is 11.9 Å². The van der Waals surface area contributed by atoms with Crippen molar-refractivity contribution in [1.29, 1.82) is 0 Å². The quantitative estimate of drug-likeness (QED) is 0.249. The number of rotatable bonds is 13. The molecule has 1 aromatic carbocycles. The van der Waals surface area contributed by atoms with E-state index in [-0.39, 0.29) is 30.4 Å². The normalized spacial score (nSPS) is 13.9. The maximum Gasteiger partial charge on any atom is 0.410 e. The highest BCUT2D eigenvalue weighted by atomic mass is 16.6. The topological polar surface area (TPSA) is 122 Å². The van der Waals surface area contributed by atoms with Crippen LogP contribution in [0, 0.1) is 0 Å². The van der Waals surface area contributed by atoms with Crippen LogP contribution in [0.25, 0.3) is 0 Å². The third kappa shape index (κ3) is 7.87. The van der Waals surface area contributed by atoms with Crippen LogP contribution in [0.2, 0.25) is 0 Å². The lowest BCUT2D eigenvalue weighted by Gasteiger charge is -2.24. The molecule has 0 radical (unpaired) electrons. The molecule has 1 aromatic rings. The van der Waals surface area contributed by atoms with E-state index in [0.29, 0.717) is 50.9 Å². The van der Waals surface area contributed by atoms with Gasteiger partial charge < -0.3 is 24.5 Å². The second-order valence-electron chi connectivity index (χ2n) is 9.71. The van der Waals surface area contributed by atoms with Gasteiger partial charge in [0.2, 0.25) is 5.91 Å². The summed E-state index contributed by atoms with van der Waals surface area (Å²) >= 11 is 0. The van der Waals surface area contributed by atoms with Crippen molar-refractivity contribution in [3.63, 3.8) is 0 Å². The van der Waals surface area contributed by atoms with Crippen molar-refractivity contribution >= 4 is 30.1 Å². The lowest BCUT2D eigenvalue weighted by molar-refractivity contribution is -0.121. The Kier molecular flexibility index (Phi) is 10.6. The first-order chi connectivity index (χ1) is 17.0. The van der Waals surface area contributed by atoms with E-state index < -0.39 is 23.5 Å². The number of amides is 4. The first-order valence-electron chi connectivity index (χ1n) is 12.2. The van der Waals surface area contributed by atoms with Crippen molar-refractivity contribution in [2.24, 2.45) is 0 Å². The SMILES string of the molecule is CNC(=O)CCC(C=O)N1C(=O)c2cccc(CCCOCCCN(C)C(=O)OC(C)(C)C)c2C1=O. The average Bonchev–Trinajstić information content (AvgIpc) is 3.08. The van der Waals surface area contributed by atoms with Gasteiger partial charge in [0.1, 0.15) is 11.9 Å². The highest BCUT2D eigenvalue weighted by Gasteiger charge is 2.41. The van der Waals surface area contributed by atoms with Crippen molar-refractivity contribution in [2.45, 2.75) is 64.5 Å². The Morgan fingerprint density at radius 2 is 1.83 bits per heavy atom. The Hall–Kier alpha value is -3.27. The molecule has 0 aliphatic carbocycles. The fourth-order valence-corrected chi connectivity index (χ4v) is 3.85. The first kappa shape index (κ1) is 29.0. The Labute approximate surface area is 212 Å². The van der Waals surface area contributed by atoms with Gasteiger partial charge in [0, 0.05) is 40.3 Å². The summed E-state index contributed by atoms with van der Waals surface area (Å²) in [7, 11) is 3.16. The Morgan fingerprint density at radius 1 is 1.14 bits per heavy atom. The molecule has 1 aliphatic heterocycles. The molecule has 1 atom stereocenters. The summed E-state index contributed by atoms with van der Waals surface area (Å²) in [4.78, 5) is 63.6. The predicted octanol–water partition coefficient (Wildman–Crippen LogP) is 2.58. The number of aryl methyl sites for hydroxylation is 1. The van der Waals surface area contributed by atoms with E-state index in [0.717, 1.165) is 10.5 Å². The molecule has 4 amide bonds. The number of hydrogen-bond acceptors (Lipinski definition) is 7. The van der Waals surface area contributed by atoms with Gasteiger partial charge >= 0.3 is 6.09 Å². The number of benzene rings is 1. The van der Waals surface area contributed by atoms with Crippen LogP contribution in [0.15, 0.2) is 18.2 Å². The second-order valence-corrected chi connectivity index (χ2v) is 9.71. The van der Waals surface area contributed by atoms with E-state index in [4.69, 9.17) is 9.47 Å². The summed E-state index contributed by atoms with van der Waals surface area (Å²) in [6, 6.07) is 4.10. The lowest BCUT2D eigenvalue weighted by atomic mass is 9.99. The minimum absolute atomic E-state index is 0.0328. The van der Waals surface area contributed by atoms with Crippen molar-refractivity contribution in [1.82, 2.24) is 15.1 Å². The van der Waals surface area contributed by atoms with Gasteiger partial charge in [0.15, 0.2) is 0 Å². The van der Waals surface area contributed by atoms with Crippen LogP contribution >= 0.6 is 0 Å². The largest absolute Gasteiger partial charge is 0.444 e. The van der Waals surface area contributed by atoms with Gasteiger partial charge in [-0.15, -0.1) is 0 Å². The molecule has 10 heteroatoms. The number of carbonyl (C=O) groups is 5. The third-order valence-electron chi connectivity index (χ3n) is 5.69. The molecule has 0 aromatic heterocycles. The number of fused-ring (bicyclic) bond motifs is 1. The van der Waals surface area contributed by atoms with Gasteiger partial charge in [-0.3, -0.25) is 19.3 Å². The molecule has 0 bridgehead atoms. The lowest BCUT2D eigenvalue weighted by Crippen LogP contribution is -2.41. The summed E-state index contributed by atoms with van der Waals surface area (Å²) in [5, 5.41) is 2.47. The molecule has 10 nitrogen and oxygen atoms in total. The first-order valence-corrected chi connectivity index (χ1v) is 12.2. The van der Waals surface area contributed by atoms with Crippen LogP contribution in [0.4, 0.5) is 4.79 Å². The van der Waals surface area contributed by atoms with Crippen molar-refractivity contribution in [2.75, 3.05) is 33.9 Å². The number of hydrogen-bond donors (Lipinski definition) is 1. The number of imide groups is 1. The molecule has 1 unspecified atom stereocenters. The van der Waals surface area contributed by atoms with E-state index >= 15 is 0 Å². The Balaban J connectivity index is 1.85. The summed E-state index contributed by atoms with van der Waals surface area (Å²) in [5.41, 5.74) is 0.767. The number of ether oxygens (including phenoxy) is 2.